The molecule has 0 saturated carbocycles. The van der Waals surface area contributed by atoms with E-state index in [0.717, 1.165) is 26.9 Å². The molecule has 0 spiro atoms. The molecule has 0 atom stereocenters. The molecule has 3 rings (SSSR count). The van der Waals surface area contributed by atoms with Gasteiger partial charge in [-0.25, -0.2) is 0 Å². The minimum Gasteiger partial charge on any atom is -0.493 e. The van der Waals surface area contributed by atoms with Crippen molar-refractivity contribution < 1.29 is 23.8 Å². The van der Waals surface area contributed by atoms with E-state index >= 15 is 0 Å². The molecule has 0 aliphatic carbocycles. The number of carbonyl (C=O) groups excluding carboxylic acids is 2. The Morgan fingerprint density at radius 1 is 1.09 bits per heavy atom. The minimum atomic E-state index is -0.432. The molecule has 7 nitrogen and oxygen atoms in total. The van der Waals surface area contributed by atoms with Crippen molar-refractivity contribution in [1.29, 1.82) is 0 Å². The molecule has 0 saturated heterocycles. The fourth-order valence-electron chi connectivity index (χ4n) is 3.34. The van der Waals surface area contributed by atoms with Gasteiger partial charge in [-0.05, 0) is 61.7 Å². The van der Waals surface area contributed by atoms with Crippen LogP contribution in [0.15, 0.2) is 41.4 Å². The van der Waals surface area contributed by atoms with Crippen molar-refractivity contribution in [1.82, 2.24) is 4.57 Å². The van der Waals surface area contributed by atoms with Crippen molar-refractivity contribution in [2.45, 2.75) is 27.3 Å². The number of esters is 1. The molecule has 2 aromatic carbocycles. The summed E-state index contributed by atoms with van der Waals surface area (Å²) < 4.78 is 18.4. The lowest BCUT2D eigenvalue weighted by Crippen LogP contribution is -2.22. The van der Waals surface area contributed by atoms with Crippen LogP contribution in [-0.2, 0) is 20.9 Å². The van der Waals surface area contributed by atoms with Crippen LogP contribution in [0.5, 0.6) is 11.5 Å². The van der Waals surface area contributed by atoms with Crippen molar-refractivity contribution in [3.63, 3.8) is 0 Å². The molecule has 168 valence electrons. The number of hydrogen-bond acceptors (Lipinski definition) is 6. The molecule has 1 amide bonds. The molecule has 1 aromatic heterocycles. The summed E-state index contributed by atoms with van der Waals surface area (Å²) in [6.07, 6.45) is 3.05. The molecule has 0 bridgehead atoms. The van der Waals surface area contributed by atoms with Gasteiger partial charge in [0.05, 0.1) is 31.0 Å². The zero-order valence-corrected chi connectivity index (χ0v) is 19.6. The first kappa shape index (κ1) is 23.3. The number of fused-ring (bicyclic) bond motifs is 1. The van der Waals surface area contributed by atoms with Gasteiger partial charge in [-0.1, -0.05) is 23.5 Å². The number of rotatable bonds is 7. The van der Waals surface area contributed by atoms with Gasteiger partial charge < -0.3 is 18.8 Å². The Balaban J connectivity index is 1.99. The molecule has 0 aliphatic rings. The lowest BCUT2D eigenvalue weighted by Gasteiger charge is -2.07. The average molecular weight is 455 g/mol. The predicted octanol–water partition coefficient (Wildman–Crippen LogP) is 4.04. The number of methoxy groups -OCH3 is 2. The highest BCUT2D eigenvalue weighted by Gasteiger charge is 2.14. The Morgan fingerprint density at radius 2 is 1.84 bits per heavy atom. The molecule has 0 radical (unpaired) electrons. The predicted molar refractivity (Wildman–Crippen MR) is 125 cm³/mol. The molecular formula is C24H26N2O5S. The highest BCUT2D eigenvalue weighted by molar-refractivity contribution is 7.16. The highest BCUT2D eigenvalue weighted by atomic mass is 32.1. The number of benzene rings is 2. The molecule has 0 unspecified atom stereocenters. The van der Waals surface area contributed by atoms with E-state index < -0.39 is 5.91 Å². The third-order valence-electron chi connectivity index (χ3n) is 4.74. The van der Waals surface area contributed by atoms with Crippen LogP contribution in [0.1, 0.15) is 23.6 Å². The lowest BCUT2D eigenvalue weighted by atomic mass is 10.1. The number of aryl methyl sites for hydroxylation is 2. The monoisotopic (exact) mass is 454 g/mol. The van der Waals surface area contributed by atoms with Gasteiger partial charge in [0, 0.05) is 6.08 Å². The number of amides is 1. The summed E-state index contributed by atoms with van der Waals surface area (Å²) in [4.78, 5) is 29.5. The Hall–Kier alpha value is -3.39. The highest BCUT2D eigenvalue weighted by Crippen LogP contribution is 2.28. The van der Waals surface area contributed by atoms with Crippen molar-refractivity contribution in [3.8, 4) is 11.5 Å². The van der Waals surface area contributed by atoms with E-state index in [2.05, 4.69) is 11.1 Å². The Kier molecular flexibility index (Phi) is 7.48. The van der Waals surface area contributed by atoms with Crippen LogP contribution in [0, 0.1) is 13.8 Å². The quantitative estimate of drug-likeness (QED) is 0.398. The molecule has 1 heterocycles. The van der Waals surface area contributed by atoms with Gasteiger partial charge in [0.1, 0.15) is 6.54 Å². The maximum absolute atomic E-state index is 12.6. The Morgan fingerprint density at radius 3 is 2.53 bits per heavy atom. The van der Waals surface area contributed by atoms with Crippen LogP contribution >= 0.6 is 11.3 Å². The third-order valence-corrected chi connectivity index (χ3v) is 5.97. The number of thiazole rings is 1. The summed E-state index contributed by atoms with van der Waals surface area (Å²) >= 11 is 1.38. The third kappa shape index (κ3) is 5.26. The molecule has 0 fully saturated rings. The van der Waals surface area contributed by atoms with Crippen molar-refractivity contribution in [3.05, 3.63) is 57.9 Å². The zero-order chi connectivity index (χ0) is 23.3. The lowest BCUT2D eigenvalue weighted by molar-refractivity contribution is -0.143. The SMILES string of the molecule is CCOC(=O)Cn1c(=NC(=O)/C=C\c2ccc(OC)c(OC)c2)sc2c(C)cc(C)cc21. The van der Waals surface area contributed by atoms with E-state index in [1.165, 1.54) is 17.4 Å². The topological polar surface area (TPSA) is 79.1 Å². The molecular weight excluding hydrogens is 428 g/mol. The Bertz CT molecular complexity index is 1250. The van der Waals surface area contributed by atoms with Gasteiger partial charge in [0.2, 0.25) is 0 Å². The molecule has 0 aliphatic heterocycles. The normalized spacial score (nSPS) is 11.8. The number of nitrogens with zero attached hydrogens (tertiary/aromatic N) is 2. The van der Waals surface area contributed by atoms with E-state index in [-0.39, 0.29) is 12.5 Å². The first-order valence-electron chi connectivity index (χ1n) is 10.1. The van der Waals surface area contributed by atoms with Crippen LogP contribution in [0.4, 0.5) is 0 Å². The number of hydrogen-bond donors (Lipinski definition) is 0. The van der Waals surface area contributed by atoms with Gasteiger partial charge in [-0.3, -0.25) is 9.59 Å². The molecule has 0 N–H and O–H groups in total. The first-order valence-corrected chi connectivity index (χ1v) is 10.9. The van der Waals surface area contributed by atoms with Crippen LogP contribution in [0.3, 0.4) is 0 Å². The smallest absolute Gasteiger partial charge is 0.326 e. The summed E-state index contributed by atoms with van der Waals surface area (Å²) in [7, 11) is 3.12. The maximum atomic E-state index is 12.6. The summed E-state index contributed by atoms with van der Waals surface area (Å²) in [5.41, 5.74) is 3.76. The van der Waals surface area contributed by atoms with Crippen molar-refractivity contribution >= 4 is 39.5 Å². The molecule has 32 heavy (non-hydrogen) atoms. The van der Waals surface area contributed by atoms with Crippen LogP contribution in [-0.4, -0.2) is 37.3 Å². The number of ether oxygens (including phenoxy) is 3. The maximum Gasteiger partial charge on any atom is 0.326 e. The summed E-state index contributed by atoms with van der Waals surface area (Å²) in [6.45, 7) is 6.04. The number of carbonyl (C=O) groups is 2. The average Bonchev–Trinajstić information content (AvgIpc) is 3.09. The van der Waals surface area contributed by atoms with Crippen LogP contribution < -0.4 is 14.3 Å². The van der Waals surface area contributed by atoms with E-state index in [0.29, 0.717) is 22.9 Å². The fourth-order valence-corrected chi connectivity index (χ4v) is 4.43. The standard InChI is InChI=1S/C24H26N2O5S/c1-6-31-22(28)14-26-18-12-15(2)11-16(3)23(18)32-24(26)25-21(27)10-8-17-7-9-19(29-4)20(13-17)30-5/h7-13H,6,14H2,1-5H3/b10-8-,25-24?. The van der Waals surface area contributed by atoms with Crippen LogP contribution in [0.2, 0.25) is 0 Å². The summed E-state index contributed by atoms with van der Waals surface area (Å²) in [5.74, 6) is 0.373. The van der Waals surface area contributed by atoms with E-state index in [1.807, 2.05) is 26.0 Å². The zero-order valence-electron chi connectivity index (χ0n) is 18.8. The van der Waals surface area contributed by atoms with Gasteiger partial charge in [0.15, 0.2) is 16.3 Å². The summed E-state index contributed by atoms with van der Waals surface area (Å²) in [6, 6.07) is 9.41. The van der Waals surface area contributed by atoms with Crippen molar-refractivity contribution in [2.75, 3.05) is 20.8 Å². The second-order valence-electron chi connectivity index (χ2n) is 7.10. The second kappa shape index (κ2) is 10.3. The molecule has 8 heteroatoms. The molecule has 3 aromatic rings. The van der Waals surface area contributed by atoms with E-state index in [9.17, 15) is 9.59 Å². The van der Waals surface area contributed by atoms with Gasteiger partial charge in [-0.2, -0.15) is 4.99 Å². The van der Waals surface area contributed by atoms with Gasteiger partial charge >= 0.3 is 5.97 Å². The van der Waals surface area contributed by atoms with E-state index in [1.54, 1.807) is 43.9 Å². The van der Waals surface area contributed by atoms with Gasteiger partial charge in [0.25, 0.3) is 5.91 Å². The largest absolute Gasteiger partial charge is 0.493 e. The van der Waals surface area contributed by atoms with E-state index in [4.69, 9.17) is 14.2 Å². The number of aromatic nitrogens is 1. The van der Waals surface area contributed by atoms with Gasteiger partial charge in [-0.15, -0.1) is 0 Å². The first-order chi connectivity index (χ1) is 15.4. The van der Waals surface area contributed by atoms with Crippen molar-refractivity contribution in [2.24, 2.45) is 4.99 Å². The van der Waals surface area contributed by atoms with Crippen LogP contribution in [0.25, 0.3) is 16.3 Å². The second-order valence-corrected chi connectivity index (χ2v) is 8.08. The summed E-state index contributed by atoms with van der Waals surface area (Å²) in [5, 5.41) is 0. The minimum absolute atomic E-state index is 0.0117. The Labute approximate surface area is 190 Å². The fraction of sp³-hybridized carbons (Fsp3) is 0.292.